The maximum atomic E-state index is 13.1. The van der Waals surface area contributed by atoms with Crippen LogP contribution in [-0.2, 0) is 9.59 Å². The first-order valence-electron chi connectivity index (χ1n) is 9.35. The van der Waals surface area contributed by atoms with E-state index < -0.39 is 5.25 Å². The first-order chi connectivity index (χ1) is 14.6. The van der Waals surface area contributed by atoms with Gasteiger partial charge in [0.2, 0.25) is 11.8 Å². The number of carbonyl (C=O) groups excluding carboxylic acids is 2. The van der Waals surface area contributed by atoms with Crippen molar-refractivity contribution in [3.8, 4) is 0 Å². The molecule has 0 bridgehead atoms. The van der Waals surface area contributed by atoms with Gasteiger partial charge in [-0.3, -0.25) is 14.5 Å². The average molecular weight is 419 g/mol. The van der Waals surface area contributed by atoms with E-state index in [9.17, 15) is 14.0 Å². The monoisotopic (exact) mass is 419 g/mol. The molecular formula is C23H18FN3O2S. The van der Waals surface area contributed by atoms with Crippen LogP contribution in [0.2, 0.25) is 0 Å². The molecular weight excluding hydrogens is 401 g/mol. The van der Waals surface area contributed by atoms with Crippen molar-refractivity contribution in [2.45, 2.75) is 11.7 Å². The zero-order chi connectivity index (χ0) is 20.9. The van der Waals surface area contributed by atoms with Gasteiger partial charge in [0.05, 0.1) is 11.4 Å². The summed E-state index contributed by atoms with van der Waals surface area (Å²) in [5.74, 6) is -0.897. The molecule has 1 heterocycles. The summed E-state index contributed by atoms with van der Waals surface area (Å²) < 4.78 is 13.0. The lowest BCUT2D eigenvalue weighted by atomic mass is 10.2. The molecule has 1 unspecified atom stereocenters. The highest BCUT2D eigenvalue weighted by Gasteiger charge is 2.40. The lowest BCUT2D eigenvalue weighted by Crippen LogP contribution is -2.33. The maximum absolute atomic E-state index is 13.1. The number of benzene rings is 3. The van der Waals surface area contributed by atoms with Crippen molar-refractivity contribution in [1.82, 2.24) is 0 Å². The van der Waals surface area contributed by atoms with E-state index in [0.717, 1.165) is 5.69 Å². The number of rotatable bonds is 5. The van der Waals surface area contributed by atoms with Crippen LogP contribution in [-0.4, -0.2) is 22.2 Å². The molecule has 1 atom stereocenters. The van der Waals surface area contributed by atoms with Crippen LogP contribution in [0.25, 0.3) is 0 Å². The van der Waals surface area contributed by atoms with Crippen LogP contribution in [0.5, 0.6) is 0 Å². The zero-order valence-electron chi connectivity index (χ0n) is 15.9. The quantitative estimate of drug-likeness (QED) is 0.634. The maximum Gasteiger partial charge on any atom is 0.247 e. The van der Waals surface area contributed by atoms with Crippen LogP contribution in [0.1, 0.15) is 6.42 Å². The molecule has 1 saturated heterocycles. The first-order valence-corrected chi connectivity index (χ1v) is 10.2. The fourth-order valence-electron chi connectivity index (χ4n) is 3.02. The van der Waals surface area contributed by atoms with Crippen molar-refractivity contribution in [2.75, 3.05) is 10.2 Å². The number of amides is 2. The minimum absolute atomic E-state index is 0.0159. The Morgan fingerprint density at radius 2 is 1.60 bits per heavy atom. The number of para-hydroxylation sites is 2. The molecule has 1 aliphatic heterocycles. The van der Waals surface area contributed by atoms with E-state index in [1.807, 2.05) is 60.7 Å². The van der Waals surface area contributed by atoms with E-state index in [4.69, 9.17) is 0 Å². The van der Waals surface area contributed by atoms with Crippen molar-refractivity contribution in [1.29, 1.82) is 0 Å². The number of hydrogen-bond acceptors (Lipinski definition) is 4. The number of thioether (sulfide) groups is 1. The van der Waals surface area contributed by atoms with Gasteiger partial charge in [-0.1, -0.05) is 48.2 Å². The molecule has 5 nitrogen and oxygen atoms in total. The van der Waals surface area contributed by atoms with Gasteiger partial charge >= 0.3 is 0 Å². The molecule has 7 heteroatoms. The molecule has 0 spiro atoms. The van der Waals surface area contributed by atoms with Gasteiger partial charge in [-0.25, -0.2) is 9.38 Å². The topological polar surface area (TPSA) is 61.8 Å². The summed E-state index contributed by atoms with van der Waals surface area (Å²) in [4.78, 5) is 31.8. The number of hydrogen-bond donors (Lipinski definition) is 1. The molecule has 0 saturated carbocycles. The highest BCUT2D eigenvalue weighted by atomic mass is 32.2. The molecule has 1 aliphatic rings. The van der Waals surface area contributed by atoms with Crippen molar-refractivity contribution in [2.24, 2.45) is 4.99 Å². The molecule has 1 fully saturated rings. The number of carbonyl (C=O) groups is 2. The molecule has 0 aromatic heterocycles. The van der Waals surface area contributed by atoms with E-state index in [2.05, 4.69) is 10.3 Å². The SMILES string of the molecule is O=C(CC1SC(=Nc2ccccc2)N(c2ccccc2)C1=O)Nc1ccc(F)cc1. The zero-order valence-corrected chi connectivity index (χ0v) is 16.7. The molecule has 0 aliphatic carbocycles. The number of anilines is 2. The summed E-state index contributed by atoms with van der Waals surface area (Å²) >= 11 is 1.26. The van der Waals surface area contributed by atoms with Gasteiger partial charge in [-0.15, -0.1) is 0 Å². The van der Waals surface area contributed by atoms with Crippen LogP contribution in [0.15, 0.2) is 89.9 Å². The first kappa shape index (κ1) is 19.8. The van der Waals surface area contributed by atoms with Crippen molar-refractivity contribution < 1.29 is 14.0 Å². The minimum Gasteiger partial charge on any atom is -0.326 e. The number of nitrogens with zero attached hydrogens (tertiary/aromatic N) is 2. The van der Waals surface area contributed by atoms with Crippen LogP contribution in [0.3, 0.4) is 0 Å². The lowest BCUT2D eigenvalue weighted by molar-refractivity contribution is -0.121. The van der Waals surface area contributed by atoms with Gasteiger partial charge in [0, 0.05) is 12.1 Å². The molecule has 0 radical (unpaired) electrons. The number of nitrogens with one attached hydrogen (secondary N) is 1. The third-order valence-electron chi connectivity index (χ3n) is 4.43. The van der Waals surface area contributed by atoms with Gasteiger partial charge in [0.25, 0.3) is 0 Å². The number of aliphatic imine (C=N–C) groups is 1. The van der Waals surface area contributed by atoms with E-state index in [1.54, 1.807) is 4.90 Å². The molecule has 2 amide bonds. The lowest BCUT2D eigenvalue weighted by Gasteiger charge is -2.16. The summed E-state index contributed by atoms with van der Waals surface area (Å²) in [6.45, 7) is 0. The average Bonchev–Trinajstić information content (AvgIpc) is 3.05. The van der Waals surface area contributed by atoms with Crippen LogP contribution < -0.4 is 10.2 Å². The van der Waals surface area contributed by atoms with Crippen molar-refractivity contribution in [3.63, 3.8) is 0 Å². The van der Waals surface area contributed by atoms with Gasteiger partial charge in [0.15, 0.2) is 5.17 Å². The van der Waals surface area contributed by atoms with Gasteiger partial charge in [-0.2, -0.15) is 0 Å². The Kier molecular flexibility index (Phi) is 5.90. The fourth-order valence-corrected chi connectivity index (χ4v) is 4.17. The molecule has 4 rings (SSSR count). The third kappa shape index (κ3) is 4.58. The smallest absolute Gasteiger partial charge is 0.247 e. The van der Waals surface area contributed by atoms with Gasteiger partial charge in [-0.05, 0) is 48.5 Å². The Bertz CT molecular complexity index is 1070. The predicted molar refractivity (Wildman–Crippen MR) is 118 cm³/mol. The second-order valence-corrected chi connectivity index (χ2v) is 7.77. The largest absolute Gasteiger partial charge is 0.326 e. The van der Waals surface area contributed by atoms with E-state index in [1.165, 1.54) is 36.0 Å². The minimum atomic E-state index is -0.604. The van der Waals surface area contributed by atoms with Crippen LogP contribution >= 0.6 is 11.8 Å². The van der Waals surface area contributed by atoms with Gasteiger partial charge in [0.1, 0.15) is 11.1 Å². The summed E-state index contributed by atoms with van der Waals surface area (Å²) in [5.41, 5.74) is 1.91. The van der Waals surface area contributed by atoms with Crippen LogP contribution in [0.4, 0.5) is 21.5 Å². The Morgan fingerprint density at radius 3 is 2.27 bits per heavy atom. The summed E-state index contributed by atoms with van der Waals surface area (Å²) in [5, 5.41) is 2.63. The summed E-state index contributed by atoms with van der Waals surface area (Å²) in [6, 6.07) is 24.1. The van der Waals surface area contributed by atoms with Gasteiger partial charge < -0.3 is 5.32 Å². The van der Waals surface area contributed by atoms with Crippen LogP contribution in [0, 0.1) is 5.82 Å². The van der Waals surface area contributed by atoms with E-state index in [0.29, 0.717) is 16.5 Å². The summed E-state index contributed by atoms with van der Waals surface area (Å²) in [7, 11) is 0. The molecule has 3 aromatic rings. The van der Waals surface area contributed by atoms with E-state index >= 15 is 0 Å². The Labute approximate surface area is 177 Å². The summed E-state index contributed by atoms with van der Waals surface area (Å²) in [6.07, 6.45) is -0.0159. The Hall–Kier alpha value is -3.45. The van der Waals surface area contributed by atoms with E-state index in [-0.39, 0.29) is 24.1 Å². The second kappa shape index (κ2) is 8.92. The van der Waals surface area contributed by atoms with Crippen molar-refractivity contribution in [3.05, 3.63) is 90.7 Å². The molecule has 1 N–H and O–H groups in total. The normalized spacial score (nSPS) is 17.4. The molecule has 3 aromatic carbocycles. The molecule has 30 heavy (non-hydrogen) atoms. The Morgan fingerprint density at radius 1 is 0.967 bits per heavy atom. The highest BCUT2D eigenvalue weighted by Crippen LogP contribution is 2.35. The van der Waals surface area contributed by atoms with Crippen molar-refractivity contribution >= 4 is 45.8 Å². The highest BCUT2D eigenvalue weighted by molar-refractivity contribution is 8.16. The standard InChI is InChI=1S/C23H18FN3O2S/c24-16-11-13-18(14-12-16)25-21(28)15-20-22(29)27(19-9-5-2-6-10-19)23(30-20)26-17-7-3-1-4-8-17/h1-14,20H,15H2,(H,25,28). The third-order valence-corrected chi connectivity index (χ3v) is 5.57. The Balaban J connectivity index is 1.56. The number of halogens is 1. The second-order valence-electron chi connectivity index (χ2n) is 6.60. The molecule has 150 valence electrons. The predicted octanol–water partition coefficient (Wildman–Crippen LogP) is 4.99. The number of amidine groups is 1. The fraction of sp³-hybridized carbons (Fsp3) is 0.0870.